The van der Waals surface area contributed by atoms with Crippen molar-refractivity contribution in [3.05, 3.63) is 143 Å². The van der Waals surface area contributed by atoms with Crippen molar-refractivity contribution in [3.63, 3.8) is 0 Å². The van der Waals surface area contributed by atoms with Crippen LogP contribution in [0.1, 0.15) is 29.8 Å². The van der Waals surface area contributed by atoms with Gasteiger partial charge in [0.15, 0.2) is 17.5 Å². The van der Waals surface area contributed by atoms with Crippen LogP contribution in [0.5, 0.6) is 0 Å². The Labute approximate surface area is 242 Å². The third-order valence-corrected chi connectivity index (χ3v) is 8.73. The van der Waals surface area contributed by atoms with Crippen LogP contribution in [0.2, 0.25) is 0 Å². The number of fused-ring (bicyclic) bond motifs is 3. The van der Waals surface area contributed by atoms with Crippen molar-refractivity contribution in [2.45, 2.75) is 23.0 Å². The minimum atomic E-state index is 0.254. The summed E-state index contributed by atoms with van der Waals surface area (Å²) in [6, 6.07) is 26.9. The molecule has 0 fully saturated rings. The third-order valence-electron chi connectivity index (χ3n) is 6.87. The van der Waals surface area contributed by atoms with E-state index in [1.807, 2.05) is 66.4 Å². The molecule has 190 valence electrons. The topological polar surface area (TPSA) is 38.7 Å². The number of nitrogens with zero attached hydrogens (tertiary/aromatic N) is 3. The molecule has 0 N–H and O–H groups in total. The Morgan fingerprint density at radius 1 is 0.897 bits per heavy atom. The summed E-state index contributed by atoms with van der Waals surface area (Å²) in [4.78, 5) is 16.4. The molecule has 6 rings (SSSR count). The van der Waals surface area contributed by atoms with Crippen LogP contribution in [0.4, 0.5) is 0 Å². The summed E-state index contributed by atoms with van der Waals surface area (Å²) in [6.07, 6.45) is 12.6. The highest BCUT2D eigenvalue weighted by molar-refractivity contribution is 9.11. The van der Waals surface area contributed by atoms with Gasteiger partial charge in [-0.2, -0.15) is 0 Å². The lowest BCUT2D eigenvalue weighted by Crippen LogP contribution is -2.10. The molecule has 0 radical (unpaired) electrons. The van der Waals surface area contributed by atoms with Gasteiger partial charge in [0.2, 0.25) is 0 Å². The zero-order chi connectivity index (χ0) is 26.8. The molecule has 0 spiro atoms. The molecule has 0 saturated carbocycles. The highest BCUT2D eigenvalue weighted by Gasteiger charge is 2.35. The first kappa shape index (κ1) is 25.5. The van der Waals surface area contributed by atoms with Gasteiger partial charge in [0.25, 0.3) is 0 Å². The molecular weight excluding hydrogens is 562 g/mol. The number of hydrogen-bond acceptors (Lipinski definition) is 4. The fourth-order valence-corrected chi connectivity index (χ4v) is 6.77. The molecule has 1 aliphatic heterocycles. The van der Waals surface area contributed by atoms with E-state index in [0.29, 0.717) is 22.7 Å². The van der Waals surface area contributed by atoms with Gasteiger partial charge in [0.1, 0.15) is 0 Å². The lowest BCUT2D eigenvalue weighted by Gasteiger charge is -2.19. The van der Waals surface area contributed by atoms with E-state index in [0.717, 1.165) is 32.3 Å². The van der Waals surface area contributed by atoms with Crippen LogP contribution >= 0.6 is 27.7 Å². The molecule has 2 unspecified atom stereocenters. The largest absolute Gasteiger partial charge is 0.208 e. The molecular formula is C34H26BrN3S. The van der Waals surface area contributed by atoms with E-state index in [-0.39, 0.29) is 5.92 Å². The molecule has 0 amide bonds. The number of aromatic nitrogens is 3. The summed E-state index contributed by atoms with van der Waals surface area (Å²) in [5.41, 5.74) is 6.42. The average molecular weight is 589 g/mol. The fraction of sp³-hybridized carbons (Fsp3) is 0.0882. The Balaban J connectivity index is 1.53. The van der Waals surface area contributed by atoms with Crippen molar-refractivity contribution in [2.75, 3.05) is 0 Å². The number of allylic oxidation sites excluding steroid dienone is 8. The molecule has 0 bridgehead atoms. The number of thioether (sulfide) groups is 1. The van der Waals surface area contributed by atoms with Gasteiger partial charge in [-0.05, 0) is 35.8 Å². The van der Waals surface area contributed by atoms with E-state index >= 15 is 0 Å². The standard InChI is InChI=1S/C34H26BrN3S/c1-3-11-25(20-22(2)23-12-6-4-7-13-23)33-36-32(24-14-8-5-9-15-24)37-34(38-33)27-16-10-17-30-31(27)28-21-26(35)18-19-29(28)39-30/h3-21,28-29H,1H2,2H3/b22-20+,25-11+. The first-order valence-corrected chi connectivity index (χ1v) is 14.5. The van der Waals surface area contributed by atoms with Crippen molar-refractivity contribution in [1.29, 1.82) is 0 Å². The monoisotopic (exact) mass is 587 g/mol. The number of halogens is 1. The van der Waals surface area contributed by atoms with Crippen LogP contribution in [0, 0.1) is 0 Å². The van der Waals surface area contributed by atoms with Crippen molar-refractivity contribution < 1.29 is 0 Å². The summed E-state index contributed by atoms with van der Waals surface area (Å²) in [5.74, 6) is 2.20. The Kier molecular flexibility index (Phi) is 7.27. The smallest absolute Gasteiger partial charge is 0.164 e. The van der Waals surface area contributed by atoms with Crippen LogP contribution in [0.15, 0.2) is 131 Å². The lowest BCUT2D eigenvalue weighted by atomic mass is 9.89. The van der Waals surface area contributed by atoms with E-state index in [1.54, 1.807) is 6.08 Å². The normalized spacial score (nSPS) is 18.4. The second-order valence-electron chi connectivity index (χ2n) is 9.46. The first-order chi connectivity index (χ1) is 19.1. The fourth-order valence-electron chi connectivity index (χ4n) is 4.99. The Morgan fingerprint density at radius 2 is 1.64 bits per heavy atom. The number of benzene rings is 3. The van der Waals surface area contributed by atoms with E-state index in [2.05, 4.69) is 84.1 Å². The predicted octanol–water partition coefficient (Wildman–Crippen LogP) is 9.28. The zero-order valence-electron chi connectivity index (χ0n) is 21.5. The maximum absolute atomic E-state index is 5.09. The quantitative estimate of drug-likeness (QED) is 0.211. The predicted molar refractivity (Wildman–Crippen MR) is 168 cm³/mol. The number of rotatable bonds is 6. The SMILES string of the molecule is C=C/C=C(\C=C(/C)c1ccccc1)c1nc(-c2ccccc2)nc(-c2cccc3c2C2C=C(Br)C=CC2S3)n1. The molecule has 1 aliphatic carbocycles. The van der Waals surface area contributed by atoms with E-state index in [9.17, 15) is 0 Å². The molecule has 2 aliphatic rings. The van der Waals surface area contributed by atoms with E-state index < -0.39 is 0 Å². The molecule has 2 heterocycles. The molecule has 1 aromatic heterocycles. The van der Waals surface area contributed by atoms with Gasteiger partial charge in [0.05, 0.1) is 0 Å². The van der Waals surface area contributed by atoms with Gasteiger partial charge in [-0.3, -0.25) is 0 Å². The van der Waals surface area contributed by atoms with E-state index in [1.165, 1.54) is 10.5 Å². The highest BCUT2D eigenvalue weighted by atomic mass is 79.9. The summed E-state index contributed by atoms with van der Waals surface area (Å²) in [6.45, 7) is 6.08. The molecule has 5 heteroatoms. The molecule has 3 nitrogen and oxygen atoms in total. The summed E-state index contributed by atoms with van der Waals surface area (Å²) >= 11 is 5.59. The van der Waals surface area contributed by atoms with Gasteiger partial charge >= 0.3 is 0 Å². The Bertz CT molecular complexity index is 1670. The van der Waals surface area contributed by atoms with Gasteiger partial charge in [-0.15, -0.1) is 11.8 Å². The van der Waals surface area contributed by atoms with Crippen molar-refractivity contribution in [3.8, 4) is 22.8 Å². The van der Waals surface area contributed by atoms with Gasteiger partial charge < -0.3 is 0 Å². The lowest BCUT2D eigenvalue weighted by molar-refractivity contribution is 0.877. The molecule has 0 saturated heterocycles. The van der Waals surface area contributed by atoms with E-state index in [4.69, 9.17) is 15.0 Å². The first-order valence-electron chi connectivity index (χ1n) is 12.8. The van der Waals surface area contributed by atoms with Crippen molar-refractivity contribution in [2.24, 2.45) is 0 Å². The molecule has 4 aromatic rings. The summed E-state index contributed by atoms with van der Waals surface area (Å²) < 4.78 is 1.10. The van der Waals surface area contributed by atoms with Gasteiger partial charge in [-0.1, -0.05) is 126 Å². The zero-order valence-corrected chi connectivity index (χ0v) is 23.9. The van der Waals surface area contributed by atoms with Crippen LogP contribution in [0.3, 0.4) is 0 Å². The summed E-state index contributed by atoms with van der Waals surface area (Å²) in [5, 5.41) is 0.366. The van der Waals surface area contributed by atoms with Gasteiger partial charge in [0, 0.05) is 37.2 Å². The van der Waals surface area contributed by atoms with Crippen LogP contribution < -0.4 is 0 Å². The number of hydrogen-bond donors (Lipinski definition) is 0. The maximum Gasteiger partial charge on any atom is 0.164 e. The Morgan fingerprint density at radius 3 is 2.41 bits per heavy atom. The second kappa shape index (κ2) is 11.1. The molecule has 3 aromatic carbocycles. The summed E-state index contributed by atoms with van der Waals surface area (Å²) in [7, 11) is 0. The van der Waals surface area contributed by atoms with Crippen molar-refractivity contribution in [1.82, 2.24) is 15.0 Å². The average Bonchev–Trinajstić information content (AvgIpc) is 3.35. The van der Waals surface area contributed by atoms with Crippen LogP contribution in [-0.4, -0.2) is 20.2 Å². The minimum absolute atomic E-state index is 0.254. The molecule has 39 heavy (non-hydrogen) atoms. The Hall–Kier alpha value is -3.80. The van der Waals surface area contributed by atoms with Gasteiger partial charge in [-0.25, -0.2) is 15.0 Å². The molecule has 2 atom stereocenters. The maximum atomic E-state index is 5.09. The second-order valence-corrected chi connectivity index (χ2v) is 11.6. The minimum Gasteiger partial charge on any atom is -0.208 e. The third kappa shape index (κ3) is 5.25. The highest BCUT2D eigenvalue weighted by Crippen LogP contribution is 2.52. The van der Waals surface area contributed by atoms with Crippen LogP contribution in [-0.2, 0) is 0 Å². The van der Waals surface area contributed by atoms with Crippen LogP contribution in [0.25, 0.3) is 33.9 Å². The van der Waals surface area contributed by atoms with Crippen molar-refractivity contribution >= 4 is 38.8 Å².